The van der Waals surface area contributed by atoms with Crippen molar-refractivity contribution >= 4 is 34.3 Å². The molecule has 1 aliphatic rings. The first-order chi connectivity index (χ1) is 15.6. The molecule has 0 saturated heterocycles. The summed E-state index contributed by atoms with van der Waals surface area (Å²) < 4.78 is 12.2. The number of aryl methyl sites for hydroxylation is 1. The SMILES string of the molecule is Cc1ccccc1-n1c(SCC(=O)Nc2ccc3c(c2)OCO3)nc2ccccc2c1=O. The molecule has 0 atom stereocenters. The summed E-state index contributed by atoms with van der Waals surface area (Å²) in [5.74, 6) is 1.12. The lowest BCUT2D eigenvalue weighted by molar-refractivity contribution is -0.113. The van der Waals surface area contributed by atoms with Crippen molar-refractivity contribution in [3.05, 3.63) is 82.6 Å². The molecule has 0 radical (unpaired) electrons. The molecule has 1 aromatic heterocycles. The Morgan fingerprint density at radius 2 is 1.84 bits per heavy atom. The van der Waals surface area contributed by atoms with E-state index in [9.17, 15) is 9.59 Å². The van der Waals surface area contributed by atoms with Crippen LogP contribution in [-0.2, 0) is 4.79 Å². The zero-order valence-electron chi connectivity index (χ0n) is 17.2. The molecule has 0 saturated carbocycles. The molecule has 8 heteroatoms. The maximum absolute atomic E-state index is 13.3. The third kappa shape index (κ3) is 3.80. The van der Waals surface area contributed by atoms with Gasteiger partial charge in [0.1, 0.15) is 0 Å². The number of fused-ring (bicyclic) bond motifs is 2. The van der Waals surface area contributed by atoms with E-state index >= 15 is 0 Å². The Morgan fingerprint density at radius 3 is 2.72 bits per heavy atom. The first-order valence-corrected chi connectivity index (χ1v) is 11.0. The minimum Gasteiger partial charge on any atom is -0.454 e. The fourth-order valence-electron chi connectivity index (χ4n) is 3.54. The van der Waals surface area contributed by atoms with E-state index in [4.69, 9.17) is 9.47 Å². The Hall–Kier alpha value is -3.78. The molecule has 1 amide bonds. The van der Waals surface area contributed by atoms with E-state index in [1.165, 1.54) is 11.8 Å². The number of hydrogen-bond donors (Lipinski definition) is 1. The van der Waals surface area contributed by atoms with Crippen molar-refractivity contribution in [2.45, 2.75) is 12.1 Å². The molecule has 5 rings (SSSR count). The van der Waals surface area contributed by atoms with Gasteiger partial charge in [0.2, 0.25) is 12.7 Å². The molecular weight excluding hydrogens is 426 g/mol. The van der Waals surface area contributed by atoms with Crippen LogP contribution in [0.4, 0.5) is 5.69 Å². The Labute approximate surface area is 188 Å². The lowest BCUT2D eigenvalue weighted by Gasteiger charge is -2.15. The molecule has 4 aromatic rings. The van der Waals surface area contributed by atoms with Gasteiger partial charge in [0, 0.05) is 11.8 Å². The van der Waals surface area contributed by atoms with E-state index in [1.54, 1.807) is 34.9 Å². The van der Waals surface area contributed by atoms with E-state index in [2.05, 4.69) is 10.3 Å². The molecule has 0 spiro atoms. The van der Waals surface area contributed by atoms with Crippen LogP contribution in [0.15, 0.2) is 76.7 Å². The molecule has 2 heterocycles. The summed E-state index contributed by atoms with van der Waals surface area (Å²) in [6.45, 7) is 2.12. The van der Waals surface area contributed by atoms with Crippen LogP contribution >= 0.6 is 11.8 Å². The molecule has 0 bridgehead atoms. The van der Waals surface area contributed by atoms with Crippen LogP contribution in [0.2, 0.25) is 0 Å². The van der Waals surface area contributed by atoms with Crippen molar-refractivity contribution in [1.29, 1.82) is 0 Å². The maximum Gasteiger partial charge on any atom is 0.266 e. The Kier molecular flexibility index (Phi) is 5.28. The zero-order valence-corrected chi connectivity index (χ0v) is 18.0. The number of para-hydroxylation sites is 2. The third-order valence-corrected chi connectivity index (χ3v) is 6.03. The zero-order chi connectivity index (χ0) is 22.1. The van der Waals surface area contributed by atoms with Gasteiger partial charge in [-0.15, -0.1) is 0 Å². The standard InChI is InChI=1S/C24H19N3O4S/c1-15-6-2-5-9-19(15)27-23(29)17-7-3-4-8-18(17)26-24(27)32-13-22(28)25-16-10-11-20-21(12-16)31-14-30-20/h2-12H,13-14H2,1H3,(H,25,28). The minimum atomic E-state index is -0.215. The molecule has 1 N–H and O–H groups in total. The highest BCUT2D eigenvalue weighted by atomic mass is 32.2. The number of carbonyl (C=O) groups excluding carboxylic acids is 1. The van der Waals surface area contributed by atoms with Gasteiger partial charge in [0.15, 0.2) is 16.7 Å². The van der Waals surface area contributed by atoms with Crippen LogP contribution in [0.25, 0.3) is 16.6 Å². The summed E-state index contributed by atoms with van der Waals surface area (Å²) in [5, 5.41) is 3.85. The number of nitrogens with one attached hydrogen (secondary N) is 1. The largest absolute Gasteiger partial charge is 0.454 e. The number of aromatic nitrogens is 2. The smallest absolute Gasteiger partial charge is 0.266 e. The molecule has 1 aliphatic heterocycles. The van der Waals surface area contributed by atoms with E-state index in [1.807, 2.05) is 43.3 Å². The van der Waals surface area contributed by atoms with Gasteiger partial charge in [-0.1, -0.05) is 42.1 Å². The van der Waals surface area contributed by atoms with Crippen molar-refractivity contribution in [3.8, 4) is 17.2 Å². The predicted octanol–water partition coefficient (Wildman–Crippen LogP) is 4.15. The van der Waals surface area contributed by atoms with Crippen molar-refractivity contribution in [2.75, 3.05) is 17.9 Å². The van der Waals surface area contributed by atoms with E-state index in [0.717, 1.165) is 11.3 Å². The lowest BCUT2D eigenvalue weighted by Crippen LogP contribution is -2.23. The molecule has 7 nitrogen and oxygen atoms in total. The summed E-state index contributed by atoms with van der Waals surface area (Å²) in [4.78, 5) is 30.6. The second-order valence-electron chi connectivity index (χ2n) is 7.24. The van der Waals surface area contributed by atoms with Gasteiger partial charge in [0.25, 0.3) is 5.56 Å². The first kappa shape index (κ1) is 20.1. The predicted molar refractivity (Wildman–Crippen MR) is 124 cm³/mol. The molecule has 0 aliphatic carbocycles. The van der Waals surface area contributed by atoms with Crippen LogP contribution in [0.5, 0.6) is 11.5 Å². The van der Waals surface area contributed by atoms with E-state index in [0.29, 0.717) is 33.2 Å². The number of anilines is 1. The molecule has 0 unspecified atom stereocenters. The first-order valence-electron chi connectivity index (χ1n) is 10.0. The number of nitrogens with zero attached hydrogens (tertiary/aromatic N) is 2. The fourth-order valence-corrected chi connectivity index (χ4v) is 4.34. The lowest BCUT2D eigenvalue weighted by atomic mass is 10.2. The van der Waals surface area contributed by atoms with Gasteiger partial charge in [-0.25, -0.2) is 4.98 Å². The average Bonchev–Trinajstić information content (AvgIpc) is 3.27. The molecule has 3 aromatic carbocycles. The fraction of sp³-hybridized carbons (Fsp3) is 0.125. The van der Waals surface area contributed by atoms with Crippen molar-refractivity contribution < 1.29 is 14.3 Å². The van der Waals surface area contributed by atoms with Crippen LogP contribution in [0.1, 0.15) is 5.56 Å². The van der Waals surface area contributed by atoms with Gasteiger partial charge in [-0.05, 0) is 42.8 Å². The van der Waals surface area contributed by atoms with Crippen molar-refractivity contribution in [2.24, 2.45) is 0 Å². The highest BCUT2D eigenvalue weighted by Gasteiger charge is 2.17. The normalized spacial score (nSPS) is 12.2. The third-order valence-electron chi connectivity index (χ3n) is 5.09. The summed E-state index contributed by atoms with van der Waals surface area (Å²) in [7, 11) is 0. The molecule has 0 fully saturated rings. The van der Waals surface area contributed by atoms with Gasteiger partial charge >= 0.3 is 0 Å². The maximum atomic E-state index is 13.3. The van der Waals surface area contributed by atoms with Crippen molar-refractivity contribution in [1.82, 2.24) is 9.55 Å². The Morgan fingerprint density at radius 1 is 1.06 bits per heavy atom. The van der Waals surface area contributed by atoms with Crippen LogP contribution in [0.3, 0.4) is 0 Å². The molecule has 32 heavy (non-hydrogen) atoms. The number of thioether (sulfide) groups is 1. The number of rotatable bonds is 5. The number of benzene rings is 3. The number of hydrogen-bond acceptors (Lipinski definition) is 6. The second kappa shape index (κ2) is 8.39. The van der Waals surface area contributed by atoms with Crippen molar-refractivity contribution in [3.63, 3.8) is 0 Å². The highest BCUT2D eigenvalue weighted by molar-refractivity contribution is 7.99. The monoisotopic (exact) mass is 445 g/mol. The summed E-state index contributed by atoms with van der Waals surface area (Å²) >= 11 is 1.22. The van der Waals surface area contributed by atoms with Gasteiger partial charge in [-0.3, -0.25) is 14.2 Å². The quantitative estimate of drug-likeness (QED) is 0.367. The minimum absolute atomic E-state index is 0.0884. The second-order valence-corrected chi connectivity index (χ2v) is 8.19. The average molecular weight is 446 g/mol. The van der Waals surface area contributed by atoms with Crippen LogP contribution in [0, 0.1) is 6.92 Å². The summed E-state index contributed by atoms with van der Waals surface area (Å²) in [5.41, 5.74) is 2.74. The molecular formula is C24H19N3O4S. The number of amides is 1. The van der Waals surface area contributed by atoms with Crippen LogP contribution < -0.4 is 20.3 Å². The van der Waals surface area contributed by atoms with Gasteiger partial charge in [-0.2, -0.15) is 0 Å². The molecule has 160 valence electrons. The Balaban J connectivity index is 1.44. The number of ether oxygens (including phenoxy) is 2. The van der Waals surface area contributed by atoms with E-state index < -0.39 is 0 Å². The topological polar surface area (TPSA) is 82.5 Å². The summed E-state index contributed by atoms with van der Waals surface area (Å²) in [6, 6.07) is 20.1. The Bertz CT molecular complexity index is 1400. The number of carbonyl (C=O) groups is 1. The van der Waals surface area contributed by atoms with Crippen LogP contribution in [-0.4, -0.2) is 28.0 Å². The van der Waals surface area contributed by atoms with Gasteiger partial charge < -0.3 is 14.8 Å². The van der Waals surface area contributed by atoms with Gasteiger partial charge in [0.05, 0.1) is 22.3 Å². The van der Waals surface area contributed by atoms with E-state index in [-0.39, 0.29) is 24.0 Å². The highest BCUT2D eigenvalue weighted by Crippen LogP contribution is 2.34. The summed E-state index contributed by atoms with van der Waals surface area (Å²) in [6.07, 6.45) is 0.